The minimum absolute atomic E-state index is 0.227. The summed E-state index contributed by atoms with van der Waals surface area (Å²) < 4.78 is 11.2. The van der Waals surface area contributed by atoms with Gasteiger partial charge in [-0.05, 0) is 56.9 Å². The van der Waals surface area contributed by atoms with Gasteiger partial charge in [0, 0.05) is 26.2 Å². The number of nitriles is 1. The standard InChI is InChI=1S/C31H52N6O4/c1-3-24-9-11-26(12-10-24)22-41-30(39)34-29(37-17-19-40-20-18-37)33-27(21-25-7-5-4-6-8-25)28(38)35-31(23-32)13-15-36(2)16-14-31/h24-27H,3-22H2,1-2H3,(H,35,38)(H,33,34,39)/t24?,26?,27-/m0/s1. The number of likely N-dealkylation sites (tertiary alicyclic amines) is 1. The van der Waals surface area contributed by atoms with Crippen molar-refractivity contribution in [1.82, 2.24) is 20.4 Å². The Balaban J connectivity index is 1.48. The third-order valence-corrected chi connectivity index (χ3v) is 9.80. The molecular formula is C31H52N6O4. The van der Waals surface area contributed by atoms with Gasteiger partial charge < -0.3 is 24.6 Å². The molecule has 10 heteroatoms. The number of rotatable bonds is 8. The topological polar surface area (TPSA) is 119 Å². The van der Waals surface area contributed by atoms with Gasteiger partial charge in [0.2, 0.25) is 11.9 Å². The van der Waals surface area contributed by atoms with Crippen LogP contribution in [-0.4, -0.2) is 92.4 Å². The molecule has 0 aromatic rings. The molecule has 0 aromatic heterocycles. The molecule has 4 fully saturated rings. The lowest BCUT2D eigenvalue weighted by Gasteiger charge is -2.37. The minimum Gasteiger partial charge on any atom is -0.449 e. The van der Waals surface area contributed by atoms with Crippen LogP contribution in [0.1, 0.15) is 90.4 Å². The summed E-state index contributed by atoms with van der Waals surface area (Å²) in [6.07, 6.45) is 12.8. The van der Waals surface area contributed by atoms with Crippen LogP contribution in [0.2, 0.25) is 0 Å². The average molecular weight is 573 g/mol. The summed E-state index contributed by atoms with van der Waals surface area (Å²) in [7, 11) is 2.04. The quantitative estimate of drug-likeness (QED) is 0.333. The molecule has 4 rings (SSSR count). The van der Waals surface area contributed by atoms with Crippen LogP contribution in [0.25, 0.3) is 0 Å². The monoisotopic (exact) mass is 572 g/mol. The molecule has 10 nitrogen and oxygen atoms in total. The maximum Gasteiger partial charge on any atom is 0.413 e. The molecule has 1 atom stereocenters. The van der Waals surface area contributed by atoms with Crippen molar-refractivity contribution in [3.05, 3.63) is 0 Å². The van der Waals surface area contributed by atoms with Gasteiger partial charge in [-0.2, -0.15) is 5.26 Å². The number of aliphatic imine (C=N–C) groups is 1. The Hall–Kier alpha value is -2.38. The van der Waals surface area contributed by atoms with Gasteiger partial charge in [-0.1, -0.05) is 58.3 Å². The number of piperidine rings is 1. The van der Waals surface area contributed by atoms with E-state index in [-0.39, 0.29) is 5.91 Å². The molecule has 4 aliphatic rings. The number of carbonyl (C=O) groups is 2. The first-order valence-electron chi connectivity index (χ1n) is 16.2. The van der Waals surface area contributed by atoms with E-state index in [4.69, 9.17) is 14.5 Å². The van der Waals surface area contributed by atoms with Gasteiger partial charge in [-0.25, -0.2) is 9.79 Å². The molecular weight excluding hydrogens is 520 g/mol. The first kappa shape index (κ1) is 31.6. The number of amides is 2. The molecule has 2 saturated heterocycles. The summed E-state index contributed by atoms with van der Waals surface area (Å²) in [5, 5.41) is 16.1. The SMILES string of the molecule is CCC1CCC(COC(=O)NC(=N[C@@H](CC2CCCCC2)C(=O)NC2(C#N)CCN(C)CC2)N2CCOCC2)CC1. The summed E-state index contributed by atoms with van der Waals surface area (Å²) >= 11 is 0. The molecule has 2 N–H and O–H groups in total. The van der Waals surface area contributed by atoms with E-state index in [9.17, 15) is 14.9 Å². The Bertz CT molecular complexity index is 908. The number of nitrogens with zero attached hydrogens (tertiary/aromatic N) is 4. The predicted octanol–water partition coefficient (Wildman–Crippen LogP) is 4.06. The molecule has 2 saturated carbocycles. The molecule has 41 heavy (non-hydrogen) atoms. The molecule has 0 radical (unpaired) electrons. The lowest BCUT2D eigenvalue weighted by molar-refractivity contribution is -0.124. The van der Waals surface area contributed by atoms with E-state index in [0.717, 1.165) is 57.5 Å². The largest absolute Gasteiger partial charge is 0.449 e. The van der Waals surface area contributed by atoms with Gasteiger partial charge in [0.1, 0.15) is 11.6 Å². The van der Waals surface area contributed by atoms with Gasteiger partial charge in [-0.15, -0.1) is 0 Å². The molecule has 0 spiro atoms. The molecule has 2 aliphatic heterocycles. The van der Waals surface area contributed by atoms with Crippen molar-refractivity contribution >= 4 is 18.0 Å². The summed E-state index contributed by atoms with van der Waals surface area (Å²) in [6, 6.07) is 1.72. The Kier molecular flexibility index (Phi) is 12.1. The van der Waals surface area contributed by atoms with Crippen molar-refractivity contribution in [1.29, 1.82) is 5.26 Å². The zero-order chi connectivity index (χ0) is 29.1. The summed E-state index contributed by atoms with van der Waals surface area (Å²) in [6.45, 7) is 6.38. The van der Waals surface area contributed by atoms with Crippen molar-refractivity contribution in [2.75, 3.05) is 53.0 Å². The van der Waals surface area contributed by atoms with Crippen LogP contribution in [0.4, 0.5) is 4.79 Å². The van der Waals surface area contributed by atoms with Crippen LogP contribution in [0.15, 0.2) is 4.99 Å². The van der Waals surface area contributed by atoms with Crippen LogP contribution < -0.4 is 10.6 Å². The number of guanidine groups is 1. The van der Waals surface area contributed by atoms with E-state index in [1.807, 2.05) is 11.9 Å². The average Bonchev–Trinajstić information content (AvgIpc) is 3.01. The molecule has 0 unspecified atom stereocenters. The molecule has 2 amide bonds. The first-order valence-corrected chi connectivity index (χ1v) is 16.2. The fourth-order valence-electron chi connectivity index (χ4n) is 6.78. The van der Waals surface area contributed by atoms with E-state index >= 15 is 0 Å². The fraction of sp³-hybridized carbons (Fsp3) is 0.871. The highest BCUT2D eigenvalue weighted by Crippen LogP contribution is 2.31. The number of hydrogen-bond donors (Lipinski definition) is 2. The van der Waals surface area contributed by atoms with E-state index in [0.29, 0.717) is 70.0 Å². The van der Waals surface area contributed by atoms with Gasteiger partial charge in [-0.3, -0.25) is 10.1 Å². The minimum atomic E-state index is -0.883. The molecule has 0 aromatic carbocycles. The summed E-state index contributed by atoms with van der Waals surface area (Å²) in [5.41, 5.74) is -0.883. The number of carbonyl (C=O) groups excluding carboxylic acids is 2. The van der Waals surface area contributed by atoms with Crippen LogP contribution in [0, 0.1) is 29.1 Å². The van der Waals surface area contributed by atoms with Crippen molar-refractivity contribution < 1.29 is 19.1 Å². The third kappa shape index (κ3) is 9.57. The fourth-order valence-corrected chi connectivity index (χ4v) is 6.78. The second kappa shape index (κ2) is 15.7. The van der Waals surface area contributed by atoms with Crippen molar-refractivity contribution in [3.63, 3.8) is 0 Å². The van der Waals surface area contributed by atoms with Crippen molar-refractivity contribution in [3.8, 4) is 6.07 Å². The Morgan fingerprint density at radius 2 is 1.66 bits per heavy atom. The van der Waals surface area contributed by atoms with E-state index in [2.05, 4.69) is 28.5 Å². The highest BCUT2D eigenvalue weighted by molar-refractivity contribution is 5.96. The summed E-state index contributed by atoms with van der Waals surface area (Å²) in [4.78, 5) is 36.0. The number of morpholine rings is 1. The lowest BCUT2D eigenvalue weighted by atomic mass is 9.81. The Morgan fingerprint density at radius 1 is 1.00 bits per heavy atom. The smallest absolute Gasteiger partial charge is 0.413 e. The maximum absolute atomic E-state index is 13.8. The second-order valence-electron chi connectivity index (χ2n) is 12.8. The first-order chi connectivity index (χ1) is 19.9. The highest BCUT2D eigenvalue weighted by Gasteiger charge is 2.38. The third-order valence-electron chi connectivity index (χ3n) is 9.80. The zero-order valence-corrected chi connectivity index (χ0v) is 25.4. The Labute approximate surface area is 246 Å². The van der Waals surface area contributed by atoms with Crippen LogP contribution in [-0.2, 0) is 14.3 Å². The van der Waals surface area contributed by atoms with Gasteiger partial charge in [0.05, 0.1) is 25.9 Å². The van der Waals surface area contributed by atoms with Crippen LogP contribution >= 0.6 is 0 Å². The number of alkyl carbamates (subject to hydrolysis) is 1. The molecule has 230 valence electrons. The molecule has 2 heterocycles. The van der Waals surface area contributed by atoms with Gasteiger partial charge in [0.15, 0.2) is 0 Å². The molecule has 2 aliphatic carbocycles. The lowest BCUT2D eigenvalue weighted by Crippen LogP contribution is -2.56. The van der Waals surface area contributed by atoms with Crippen LogP contribution in [0.3, 0.4) is 0 Å². The van der Waals surface area contributed by atoms with E-state index in [1.165, 1.54) is 25.7 Å². The van der Waals surface area contributed by atoms with E-state index in [1.54, 1.807) is 0 Å². The number of nitrogens with one attached hydrogen (secondary N) is 2. The maximum atomic E-state index is 13.8. The molecule has 0 bridgehead atoms. The number of hydrogen-bond acceptors (Lipinski definition) is 7. The van der Waals surface area contributed by atoms with Crippen molar-refractivity contribution in [2.45, 2.75) is 102 Å². The highest BCUT2D eigenvalue weighted by atomic mass is 16.5. The van der Waals surface area contributed by atoms with Gasteiger partial charge >= 0.3 is 6.09 Å². The van der Waals surface area contributed by atoms with Crippen LogP contribution in [0.5, 0.6) is 0 Å². The zero-order valence-electron chi connectivity index (χ0n) is 25.4. The van der Waals surface area contributed by atoms with Gasteiger partial charge in [0.25, 0.3) is 0 Å². The van der Waals surface area contributed by atoms with Crippen molar-refractivity contribution in [2.24, 2.45) is 22.7 Å². The normalized spacial score (nSPS) is 27.0. The Morgan fingerprint density at radius 3 is 2.29 bits per heavy atom. The number of ether oxygens (including phenoxy) is 2. The summed E-state index contributed by atoms with van der Waals surface area (Å²) in [5.74, 6) is 1.74. The second-order valence-corrected chi connectivity index (χ2v) is 12.8. The van der Waals surface area contributed by atoms with E-state index < -0.39 is 17.7 Å². The predicted molar refractivity (Wildman–Crippen MR) is 158 cm³/mol.